The van der Waals surface area contributed by atoms with Crippen molar-refractivity contribution in [3.8, 4) is 0 Å². The molecule has 2 rings (SSSR count). The van der Waals surface area contributed by atoms with Crippen molar-refractivity contribution in [3.05, 3.63) is 23.7 Å². The Hall–Kier alpha value is -1.57. The minimum Gasteiger partial charge on any atom is -0.465 e. The first-order valence-corrected chi connectivity index (χ1v) is 8.83. The molecule has 0 amide bonds. The summed E-state index contributed by atoms with van der Waals surface area (Å²) in [6.45, 7) is 10.7. The first kappa shape index (κ1) is 19.8. The van der Waals surface area contributed by atoms with E-state index in [-0.39, 0.29) is 11.6 Å². The van der Waals surface area contributed by atoms with Gasteiger partial charge in [0.25, 0.3) is 0 Å². The zero-order valence-electron chi connectivity index (χ0n) is 16.1. The molecule has 1 aliphatic heterocycles. The smallest absolute Gasteiger partial charge is 0.191 e. The molecule has 1 aromatic heterocycles. The van der Waals surface area contributed by atoms with Crippen molar-refractivity contribution < 1.29 is 13.9 Å². The summed E-state index contributed by atoms with van der Waals surface area (Å²) in [5.74, 6) is 2.66. The highest BCUT2D eigenvalue weighted by molar-refractivity contribution is 5.79. The molecular formula is C18H32N4O3. The maximum Gasteiger partial charge on any atom is 0.191 e. The van der Waals surface area contributed by atoms with Crippen LogP contribution in [0.2, 0.25) is 0 Å². The van der Waals surface area contributed by atoms with Gasteiger partial charge in [0, 0.05) is 40.3 Å². The van der Waals surface area contributed by atoms with Crippen LogP contribution in [-0.4, -0.2) is 70.0 Å². The van der Waals surface area contributed by atoms with Gasteiger partial charge in [0.05, 0.1) is 24.9 Å². The lowest BCUT2D eigenvalue weighted by molar-refractivity contribution is 0.0123. The normalized spacial score (nSPS) is 18.2. The highest BCUT2D eigenvalue weighted by Crippen LogP contribution is 2.23. The molecule has 0 aliphatic carbocycles. The van der Waals surface area contributed by atoms with Gasteiger partial charge in [0.1, 0.15) is 11.5 Å². The van der Waals surface area contributed by atoms with Gasteiger partial charge in [0.2, 0.25) is 0 Å². The minimum absolute atomic E-state index is 0.145. The van der Waals surface area contributed by atoms with Gasteiger partial charge >= 0.3 is 0 Å². The number of nitrogens with one attached hydrogen (secondary N) is 2. The fourth-order valence-corrected chi connectivity index (χ4v) is 2.71. The number of morpholine rings is 1. The number of nitrogens with zero attached hydrogens (tertiary/aromatic N) is 2. The summed E-state index contributed by atoms with van der Waals surface area (Å²) in [6, 6.07) is 4.21. The Kier molecular flexibility index (Phi) is 7.28. The summed E-state index contributed by atoms with van der Waals surface area (Å²) in [6.07, 6.45) is 0. The number of rotatable bonds is 7. The first-order valence-electron chi connectivity index (χ1n) is 8.83. The Morgan fingerprint density at radius 3 is 2.60 bits per heavy atom. The number of guanidine groups is 1. The third kappa shape index (κ3) is 6.02. The summed E-state index contributed by atoms with van der Waals surface area (Å²) in [7, 11) is 3.49. The minimum atomic E-state index is -0.251. The molecule has 1 aliphatic rings. The van der Waals surface area contributed by atoms with Crippen LogP contribution in [0.15, 0.2) is 21.5 Å². The molecule has 1 aromatic rings. The summed E-state index contributed by atoms with van der Waals surface area (Å²) >= 11 is 0. The van der Waals surface area contributed by atoms with Gasteiger partial charge < -0.3 is 24.5 Å². The summed E-state index contributed by atoms with van der Waals surface area (Å²) in [5.41, 5.74) is -0.251. The standard InChI is InChI=1S/C18H32N4O3/c1-14-6-7-16(25-14)15(22-8-10-24-11-9-22)12-20-17(19-4)21-13-18(2,3)23-5/h6-7,15H,8-13H2,1-5H3,(H2,19,20,21). The van der Waals surface area contributed by atoms with Gasteiger partial charge in [-0.05, 0) is 32.9 Å². The number of hydrogen-bond donors (Lipinski definition) is 2. The van der Waals surface area contributed by atoms with Crippen molar-refractivity contribution in [3.63, 3.8) is 0 Å². The fourth-order valence-electron chi connectivity index (χ4n) is 2.71. The summed E-state index contributed by atoms with van der Waals surface area (Å²) in [4.78, 5) is 6.70. The monoisotopic (exact) mass is 352 g/mol. The zero-order chi connectivity index (χ0) is 18.3. The average Bonchev–Trinajstić information content (AvgIpc) is 3.05. The van der Waals surface area contributed by atoms with Gasteiger partial charge in [-0.25, -0.2) is 0 Å². The van der Waals surface area contributed by atoms with E-state index in [2.05, 4.69) is 26.6 Å². The number of aliphatic imine (C=N–C) groups is 1. The second-order valence-corrected chi connectivity index (χ2v) is 6.88. The molecule has 0 bridgehead atoms. The van der Waals surface area contributed by atoms with Crippen LogP contribution in [0, 0.1) is 6.92 Å². The van der Waals surface area contributed by atoms with E-state index in [1.165, 1.54) is 0 Å². The van der Waals surface area contributed by atoms with Crippen LogP contribution < -0.4 is 10.6 Å². The lowest BCUT2D eigenvalue weighted by Crippen LogP contribution is -2.48. The highest BCUT2D eigenvalue weighted by atomic mass is 16.5. The Balaban J connectivity index is 1.98. The van der Waals surface area contributed by atoms with Crippen LogP contribution in [0.1, 0.15) is 31.4 Å². The number of hydrogen-bond acceptors (Lipinski definition) is 5. The quantitative estimate of drug-likeness (QED) is 0.573. The molecule has 25 heavy (non-hydrogen) atoms. The van der Waals surface area contributed by atoms with Crippen molar-refractivity contribution in [2.24, 2.45) is 4.99 Å². The van der Waals surface area contributed by atoms with E-state index in [9.17, 15) is 0 Å². The average molecular weight is 352 g/mol. The second kappa shape index (κ2) is 9.22. The number of aryl methyl sites for hydroxylation is 1. The van der Waals surface area contributed by atoms with E-state index in [1.807, 2.05) is 26.8 Å². The molecule has 1 fully saturated rings. The van der Waals surface area contributed by atoms with Gasteiger partial charge in [-0.3, -0.25) is 9.89 Å². The molecule has 2 heterocycles. The van der Waals surface area contributed by atoms with Crippen molar-refractivity contribution >= 4 is 5.96 Å². The van der Waals surface area contributed by atoms with Crippen LogP contribution in [0.4, 0.5) is 0 Å². The third-order valence-corrected chi connectivity index (χ3v) is 4.50. The van der Waals surface area contributed by atoms with Crippen LogP contribution >= 0.6 is 0 Å². The fraction of sp³-hybridized carbons (Fsp3) is 0.722. The molecule has 7 nitrogen and oxygen atoms in total. The summed E-state index contributed by atoms with van der Waals surface area (Å²) in [5, 5.41) is 6.73. The number of ether oxygens (including phenoxy) is 2. The van der Waals surface area contributed by atoms with Crippen molar-refractivity contribution in [2.75, 3.05) is 53.6 Å². The summed E-state index contributed by atoms with van der Waals surface area (Å²) < 4.78 is 16.8. The molecule has 2 N–H and O–H groups in total. The van der Waals surface area contributed by atoms with Gasteiger partial charge in [-0.1, -0.05) is 0 Å². The molecule has 7 heteroatoms. The molecule has 0 spiro atoms. The van der Waals surface area contributed by atoms with E-state index >= 15 is 0 Å². The largest absolute Gasteiger partial charge is 0.465 e. The lowest BCUT2D eigenvalue weighted by atomic mass is 10.1. The Morgan fingerprint density at radius 2 is 2.04 bits per heavy atom. The maximum absolute atomic E-state index is 5.89. The van der Waals surface area contributed by atoms with Gasteiger partial charge in [-0.2, -0.15) is 0 Å². The maximum atomic E-state index is 5.89. The van der Waals surface area contributed by atoms with E-state index in [0.717, 1.165) is 43.8 Å². The van der Waals surface area contributed by atoms with Crippen LogP contribution in [0.25, 0.3) is 0 Å². The zero-order valence-corrected chi connectivity index (χ0v) is 16.1. The molecule has 0 aromatic carbocycles. The Labute approximate surface area is 150 Å². The topological polar surface area (TPSA) is 71.3 Å². The Bertz CT molecular complexity index is 550. The molecule has 1 saturated heterocycles. The number of furan rings is 1. The highest BCUT2D eigenvalue weighted by Gasteiger charge is 2.25. The van der Waals surface area contributed by atoms with Gasteiger partial charge in [-0.15, -0.1) is 0 Å². The van der Waals surface area contributed by atoms with Crippen LogP contribution in [-0.2, 0) is 9.47 Å². The van der Waals surface area contributed by atoms with E-state index < -0.39 is 0 Å². The predicted octanol–water partition coefficient (Wildman–Crippen LogP) is 1.55. The SMILES string of the molecule is CN=C(NCC(c1ccc(C)o1)N1CCOCC1)NCC(C)(C)OC. The second-order valence-electron chi connectivity index (χ2n) is 6.88. The molecule has 142 valence electrons. The van der Waals surface area contributed by atoms with Gasteiger partial charge in [0.15, 0.2) is 5.96 Å². The van der Waals surface area contributed by atoms with Crippen molar-refractivity contribution in [1.82, 2.24) is 15.5 Å². The molecule has 1 atom stereocenters. The van der Waals surface area contributed by atoms with Crippen molar-refractivity contribution in [1.29, 1.82) is 0 Å². The van der Waals surface area contributed by atoms with E-state index in [1.54, 1.807) is 14.2 Å². The lowest BCUT2D eigenvalue weighted by Gasteiger charge is -2.34. The van der Waals surface area contributed by atoms with E-state index in [0.29, 0.717) is 13.1 Å². The van der Waals surface area contributed by atoms with Crippen LogP contribution in [0.3, 0.4) is 0 Å². The molecular weight excluding hydrogens is 320 g/mol. The third-order valence-electron chi connectivity index (χ3n) is 4.50. The molecule has 1 unspecified atom stereocenters. The van der Waals surface area contributed by atoms with Crippen molar-refractivity contribution in [2.45, 2.75) is 32.4 Å². The van der Waals surface area contributed by atoms with E-state index in [4.69, 9.17) is 13.9 Å². The molecule has 0 saturated carbocycles. The Morgan fingerprint density at radius 1 is 1.32 bits per heavy atom. The first-order chi connectivity index (χ1) is 11.9. The van der Waals surface area contributed by atoms with Crippen LogP contribution in [0.5, 0.6) is 0 Å². The predicted molar refractivity (Wildman–Crippen MR) is 99.0 cm³/mol. The number of methoxy groups -OCH3 is 1. The molecule has 0 radical (unpaired) electrons.